The highest BCUT2D eigenvalue weighted by atomic mass is 19.4. The number of nitrogens with two attached hydrogens (primary N) is 1. The highest BCUT2D eigenvalue weighted by Crippen LogP contribution is 2.42. The zero-order valence-electron chi connectivity index (χ0n) is 11.4. The maximum Gasteiger partial charge on any atom is 0.431 e. The van der Waals surface area contributed by atoms with E-state index in [0.29, 0.717) is 6.42 Å². The summed E-state index contributed by atoms with van der Waals surface area (Å²) in [4.78, 5) is 3.47. The number of hydrogen-bond donors (Lipinski definition) is 2. The van der Waals surface area contributed by atoms with Crippen LogP contribution < -0.4 is 5.73 Å². The number of aliphatic hydroxyl groups excluding tert-OH is 1. The minimum absolute atomic E-state index is 0.103. The first-order valence-electron chi connectivity index (χ1n) is 6.22. The number of halogens is 6. The molecular weight excluding hydrogens is 302 g/mol. The number of aliphatic imine (C=N–C) groups is 1. The Hall–Kier alpha value is -1.25. The molecule has 122 valence electrons. The molecule has 0 radical (unpaired) electrons. The summed E-state index contributed by atoms with van der Waals surface area (Å²) in [5, 5.41) is 9.29. The second-order valence-electron chi connectivity index (χ2n) is 5.21. The van der Waals surface area contributed by atoms with Gasteiger partial charge in [0.25, 0.3) is 0 Å². The molecule has 0 saturated heterocycles. The summed E-state index contributed by atoms with van der Waals surface area (Å²) in [5.74, 6) is -4.28. The zero-order valence-corrected chi connectivity index (χ0v) is 11.4. The average molecular weight is 318 g/mol. The molecule has 1 aliphatic rings. The average Bonchev–Trinajstić information content (AvgIpc) is 2.48. The van der Waals surface area contributed by atoms with Gasteiger partial charge in [-0.3, -0.25) is 4.99 Å². The van der Waals surface area contributed by atoms with Gasteiger partial charge in [-0.15, -0.1) is 0 Å². The molecule has 3 N–H and O–H groups in total. The summed E-state index contributed by atoms with van der Waals surface area (Å²) in [7, 11) is 0. The van der Waals surface area contributed by atoms with E-state index < -0.39 is 41.4 Å². The van der Waals surface area contributed by atoms with Crippen LogP contribution in [-0.2, 0) is 0 Å². The normalized spacial score (nSPS) is 30.3. The fourth-order valence-electron chi connectivity index (χ4n) is 1.84. The fraction of sp³-hybridized carbons (Fsp3) is 0.750. The third-order valence-corrected chi connectivity index (χ3v) is 3.08. The zero-order chi connectivity index (χ0) is 16.6. The SMILES string of the molecule is CC(C)CCN=C1C(=C(N)C(F)(F)F)[C@H](O)C(F)(F)[C@@H]1F. The first-order chi connectivity index (χ1) is 9.40. The lowest BCUT2D eigenvalue weighted by Gasteiger charge is -2.16. The van der Waals surface area contributed by atoms with E-state index in [-0.39, 0.29) is 12.5 Å². The van der Waals surface area contributed by atoms with Crippen LogP contribution >= 0.6 is 0 Å². The molecule has 0 aromatic carbocycles. The molecule has 21 heavy (non-hydrogen) atoms. The van der Waals surface area contributed by atoms with Crippen molar-refractivity contribution in [3.63, 3.8) is 0 Å². The van der Waals surface area contributed by atoms with Crippen molar-refractivity contribution >= 4 is 5.71 Å². The second kappa shape index (κ2) is 5.86. The van der Waals surface area contributed by atoms with Gasteiger partial charge >= 0.3 is 12.1 Å². The van der Waals surface area contributed by atoms with Crippen LogP contribution in [0.15, 0.2) is 16.3 Å². The highest BCUT2D eigenvalue weighted by molar-refractivity contribution is 6.08. The van der Waals surface area contributed by atoms with Crippen LogP contribution in [0.25, 0.3) is 0 Å². The molecule has 0 bridgehead atoms. The van der Waals surface area contributed by atoms with E-state index in [0.717, 1.165) is 0 Å². The molecule has 0 unspecified atom stereocenters. The smallest absolute Gasteiger partial charge is 0.394 e. The van der Waals surface area contributed by atoms with E-state index in [4.69, 9.17) is 5.73 Å². The maximum absolute atomic E-state index is 13.6. The quantitative estimate of drug-likeness (QED) is 0.786. The molecule has 0 aromatic rings. The standard InChI is InChI=1S/C12H16F6N2O/c1-5(2)3-4-20-7-6(9(19)12(16,17)18)10(21)11(14,15)8(7)13/h5,8,10,21H,3-4,19H2,1-2H3/t8-,10+/m1/s1. The van der Waals surface area contributed by atoms with Crippen molar-refractivity contribution in [1.29, 1.82) is 0 Å². The Morgan fingerprint density at radius 2 is 1.90 bits per heavy atom. The van der Waals surface area contributed by atoms with Gasteiger partial charge in [0.2, 0.25) is 6.17 Å². The van der Waals surface area contributed by atoms with Crippen LogP contribution in [0.4, 0.5) is 26.3 Å². The van der Waals surface area contributed by atoms with Crippen molar-refractivity contribution in [1.82, 2.24) is 0 Å². The predicted molar refractivity (Wildman–Crippen MR) is 64.9 cm³/mol. The molecule has 1 rings (SSSR count). The molecule has 0 aliphatic heterocycles. The predicted octanol–water partition coefficient (Wildman–Crippen LogP) is 2.60. The van der Waals surface area contributed by atoms with Crippen molar-refractivity contribution < 1.29 is 31.4 Å². The monoisotopic (exact) mass is 318 g/mol. The molecular formula is C12H16F6N2O. The molecule has 1 fully saturated rings. The lowest BCUT2D eigenvalue weighted by Crippen LogP contribution is -2.36. The Morgan fingerprint density at radius 1 is 1.38 bits per heavy atom. The van der Waals surface area contributed by atoms with Gasteiger partial charge in [-0.2, -0.15) is 22.0 Å². The summed E-state index contributed by atoms with van der Waals surface area (Å²) < 4.78 is 78.1. The van der Waals surface area contributed by atoms with Gasteiger partial charge in [0.1, 0.15) is 11.8 Å². The topological polar surface area (TPSA) is 58.6 Å². The Balaban J connectivity index is 3.29. The van der Waals surface area contributed by atoms with Crippen LogP contribution in [0.1, 0.15) is 20.3 Å². The summed E-state index contributed by atoms with van der Waals surface area (Å²) >= 11 is 0. The third kappa shape index (κ3) is 3.50. The van der Waals surface area contributed by atoms with Crippen LogP contribution in [0.2, 0.25) is 0 Å². The van der Waals surface area contributed by atoms with Gasteiger partial charge in [-0.25, -0.2) is 4.39 Å². The Bertz CT molecular complexity index is 455. The first kappa shape index (κ1) is 17.8. The molecule has 1 aliphatic carbocycles. The van der Waals surface area contributed by atoms with Gasteiger partial charge < -0.3 is 10.8 Å². The number of hydrogen-bond acceptors (Lipinski definition) is 3. The number of allylic oxidation sites excluding steroid dienone is 1. The summed E-state index contributed by atoms with van der Waals surface area (Å²) in [6.45, 7) is 3.43. The Kier molecular flexibility index (Phi) is 4.97. The van der Waals surface area contributed by atoms with Gasteiger partial charge in [-0.05, 0) is 12.3 Å². The number of nitrogens with zero attached hydrogens (tertiary/aromatic N) is 1. The van der Waals surface area contributed by atoms with Gasteiger partial charge in [0, 0.05) is 12.1 Å². The summed E-state index contributed by atoms with van der Waals surface area (Å²) in [6, 6.07) is 0. The van der Waals surface area contributed by atoms with E-state index in [1.807, 2.05) is 0 Å². The lowest BCUT2D eigenvalue weighted by atomic mass is 10.1. The van der Waals surface area contributed by atoms with E-state index in [1.54, 1.807) is 13.8 Å². The van der Waals surface area contributed by atoms with Crippen molar-refractivity contribution in [2.75, 3.05) is 6.54 Å². The van der Waals surface area contributed by atoms with E-state index in [1.165, 1.54) is 0 Å². The molecule has 0 aromatic heterocycles. The molecule has 1 saturated carbocycles. The van der Waals surface area contributed by atoms with Crippen LogP contribution in [-0.4, -0.2) is 41.7 Å². The second-order valence-corrected chi connectivity index (χ2v) is 5.21. The number of aliphatic hydroxyl groups is 1. The maximum atomic E-state index is 13.6. The third-order valence-electron chi connectivity index (χ3n) is 3.08. The molecule has 9 heteroatoms. The fourth-order valence-corrected chi connectivity index (χ4v) is 1.84. The number of rotatable bonds is 3. The van der Waals surface area contributed by atoms with Crippen molar-refractivity contribution in [3.8, 4) is 0 Å². The minimum Gasteiger partial charge on any atom is -0.394 e. The molecule has 0 amide bonds. The lowest BCUT2D eigenvalue weighted by molar-refractivity contribution is -0.113. The molecule has 3 nitrogen and oxygen atoms in total. The largest absolute Gasteiger partial charge is 0.431 e. The van der Waals surface area contributed by atoms with E-state index in [2.05, 4.69) is 4.99 Å². The Labute approximate surface area is 117 Å². The van der Waals surface area contributed by atoms with Gasteiger partial charge in [0.05, 0.1) is 5.71 Å². The minimum atomic E-state index is -5.16. The molecule has 0 heterocycles. The van der Waals surface area contributed by atoms with Crippen molar-refractivity contribution in [3.05, 3.63) is 11.3 Å². The van der Waals surface area contributed by atoms with Crippen molar-refractivity contribution in [2.24, 2.45) is 16.6 Å². The van der Waals surface area contributed by atoms with Gasteiger partial charge in [-0.1, -0.05) is 13.8 Å². The summed E-state index contributed by atoms with van der Waals surface area (Å²) in [6.07, 6.45) is -10.9. The Morgan fingerprint density at radius 3 is 2.33 bits per heavy atom. The first-order valence-corrected chi connectivity index (χ1v) is 6.22. The number of alkyl halides is 6. The van der Waals surface area contributed by atoms with Crippen LogP contribution in [0.3, 0.4) is 0 Å². The van der Waals surface area contributed by atoms with Crippen LogP contribution in [0, 0.1) is 5.92 Å². The van der Waals surface area contributed by atoms with Gasteiger partial charge in [0.15, 0.2) is 0 Å². The van der Waals surface area contributed by atoms with E-state index >= 15 is 0 Å². The van der Waals surface area contributed by atoms with Crippen LogP contribution in [0.5, 0.6) is 0 Å². The van der Waals surface area contributed by atoms with Crippen molar-refractivity contribution in [2.45, 2.75) is 44.6 Å². The summed E-state index contributed by atoms with van der Waals surface area (Å²) in [5.41, 5.74) is 0.326. The van der Waals surface area contributed by atoms with E-state index in [9.17, 15) is 31.4 Å². The molecule has 2 atom stereocenters. The molecule has 0 spiro atoms. The highest BCUT2D eigenvalue weighted by Gasteiger charge is 2.61.